The first kappa shape index (κ1) is 12.9. The van der Waals surface area contributed by atoms with Crippen LogP contribution in [-0.2, 0) is 12.8 Å². The van der Waals surface area contributed by atoms with Crippen molar-refractivity contribution < 1.29 is 0 Å². The summed E-state index contributed by atoms with van der Waals surface area (Å²) in [7, 11) is 0. The Bertz CT molecular complexity index is 532. The quantitative estimate of drug-likeness (QED) is 0.850. The number of hydrogen-bond donors (Lipinski definition) is 1. The lowest BCUT2D eigenvalue weighted by Crippen LogP contribution is -2.02. The van der Waals surface area contributed by atoms with Crippen LogP contribution in [0, 0.1) is 0 Å². The number of rotatable bonds is 5. The lowest BCUT2D eigenvalue weighted by molar-refractivity contribution is 0.888. The van der Waals surface area contributed by atoms with E-state index in [0.717, 1.165) is 25.8 Å². The first-order valence-corrected chi connectivity index (χ1v) is 6.95. The molecule has 0 bridgehead atoms. The Hall–Kier alpha value is -1.57. The molecular weight excluding hydrogens is 220 g/mol. The molecule has 0 aliphatic carbocycles. The maximum absolute atomic E-state index is 4.84. The standard InChI is InChI=1S/C16H22N2/c1-4-8-13-11-15(17-6-3)14-10-7-9-12(5-2)16(14)18-13/h7,9-11H,4-6,8H2,1-3H3,(H,17,18). The van der Waals surface area contributed by atoms with Crippen LogP contribution in [0.1, 0.15) is 38.4 Å². The Morgan fingerprint density at radius 3 is 2.67 bits per heavy atom. The molecule has 0 aliphatic heterocycles. The van der Waals surface area contributed by atoms with Crippen molar-refractivity contribution in [1.82, 2.24) is 4.98 Å². The molecule has 1 aromatic carbocycles. The third-order valence-corrected chi connectivity index (χ3v) is 3.23. The minimum atomic E-state index is 0.945. The highest BCUT2D eigenvalue weighted by Gasteiger charge is 2.07. The number of hydrogen-bond acceptors (Lipinski definition) is 2. The summed E-state index contributed by atoms with van der Waals surface area (Å²) in [4.78, 5) is 4.84. The molecule has 2 rings (SSSR count). The fourth-order valence-electron chi connectivity index (χ4n) is 2.37. The van der Waals surface area contributed by atoms with E-state index in [9.17, 15) is 0 Å². The number of anilines is 1. The van der Waals surface area contributed by atoms with Gasteiger partial charge in [0.2, 0.25) is 0 Å². The zero-order valence-electron chi connectivity index (χ0n) is 11.6. The van der Waals surface area contributed by atoms with E-state index in [1.807, 2.05) is 0 Å². The van der Waals surface area contributed by atoms with E-state index in [1.165, 1.54) is 27.8 Å². The molecule has 0 unspecified atom stereocenters. The van der Waals surface area contributed by atoms with Crippen LogP contribution in [-0.4, -0.2) is 11.5 Å². The molecule has 2 aromatic rings. The number of aryl methyl sites for hydroxylation is 2. The second kappa shape index (κ2) is 5.85. The Morgan fingerprint density at radius 1 is 1.17 bits per heavy atom. The number of nitrogens with one attached hydrogen (secondary N) is 1. The predicted octanol–water partition coefficient (Wildman–Crippen LogP) is 4.18. The summed E-state index contributed by atoms with van der Waals surface area (Å²) in [5.74, 6) is 0. The third kappa shape index (κ3) is 2.47. The second-order valence-electron chi connectivity index (χ2n) is 4.61. The Balaban J connectivity index is 2.64. The average molecular weight is 242 g/mol. The van der Waals surface area contributed by atoms with E-state index in [4.69, 9.17) is 4.98 Å². The van der Waals surface area contributed by atoms with Gasteiger partial charge in [-0.05, 0) is 31.4 Å². The topological polar surface area (TPSA) is 24.9 Å². The van der Waals surface area contributed by atoms with Crippen molar-refractivity contribution in [2.75, 3.05) is 11.9 Å². The molecule has 1 N–H and O–H groups in total. The molecule has 0 aliphatic rings. The van der Waals surface area contributed by atoms with Crippen molar-refractivity contribution in [2.45, 2.75) is 40.0 Å². The number of pyridine rings is 1. The van der Waals surface area contributed by atoms with Gasteiger partial charge in [0, 0.05) is 23.3 Å². The lowest BCUT2D eigenvalue weighted by atomic mass is 10.0. The molecule has 96 valence electrons. The largest absolute Gasteiger partial charge is 0.385 e. The van der Waals surface area contributed by atoms with Gasteiger partial charge in [-0.1, -0.05) is 38.5 Å². The molecule has 0 spiro atoms. The molecule has 1 heterocycles. The zero-order chi connectivity index (χ0) is 13.0. The van der Waals surface area contributed by atoms with Gasteiger partial charge in [-0.3, -0.25) is 4.98 Å². The molecule has 2 nitrogen and oxygen atoms in total. The summed E-state index contributed by atoms with van der Waals surface area (Å²) in [5.41, 5.74) is 4.93. The van der Waals surface area contributed by atoms with Crippen LogP contribution in [0.2, 0.25) is 0 Å². The maximum atomic E-state index is 4.84. The van der Waals surface area contributed by atoms with E-state index < -0.39 is 0 Å². The maximum Gasteiger partial charge on any atom is 0.0757 e. The highest BCUT2D eigenvalue weighted by molar-refractivity contribution is 5.93. The molecule has 0 saturated carbocycles. The highest BCUT2D eigenvalue weighted by Crippen LogP contribution is 2.26. The molecule has 0 amide bonds. The minimum absolute atomic E-state index is 0.945. The van der Waals surface area contributed by atoms with Crippen LogP contribution < -0.4 is 5.32 Å². The van der Waals surface area contributed by atoms with Crippen LogP contribution in [0.15, 0.2) is 24.3 Å². The molecular formula is C16H22N2. The van der Waals surface area contributed by atoms with Crippen LogP contribution in [0.5, 0.6) is 0 Å². The monoisotopic (exact) mass is 242 g/mol. The van der Waals surface area contributed by atoms with Gasteiger partial charge in [0.05, 0.1) is 5.52 Å². The van der Waals surface area contributed by atoms with E-state index >= 15 is 0 Å². The van der Waals surface area contributed by atoms with Crippen molar-refractivity contribution in [1.29, 1.82) is 0 Å². The van der Waals surface area contributed by atoms with Crippen LogP contribution in [0.3, 0.4) is 0 Å². The van der Waals surface area contributed by atoms with Crippen LogP contribution in [0.4, 0.5) is 5.69 Å². The van der Waals surface area contributed by atoms with Crippen LogP contribution >= 0.6 is 0 Å². The van der Waals surface area contributed by atoms with Crippen molar-refractivity contribution in [3.8, 4) is 0 Å². The normalized spacial score (nSPS) is 10.8. The highest BCUT2D eigenvalue weighted by atomic mass is 14.9. The molecule has 0 radical (unpaired) electrons. The summed E-state index contributed by atoms with van der Waals surface area (Å²) in [6, 6.07) is 8.67. The number of nitrogens with zero attached hydrogens (tertiary/aromatic N) is 1. The van der Waals surface area contributed by atoms with Gasteiger partial charge in [0.25, 0.3) is 0 Å². The lowest BCUT2D eigenvalue weighted by Gasteiger charge is -2.12. The molecule has 2 heteroatoms. The van der Waals surface area contributed by atoms with Crippen LogP contribution in [0.25, 0.3) is 10.9 Å². The third-order valence-electron chi connectivity index (χ3n) is 3.23. The van der Waals surface area contributed by atoms with Crippen molar-refractivity contribution in [3.05, 3.63) is 35.5 Å². The molecule has 1 aromatic heterocycles. The summed E-state index contributed by atoms with van der Waals surface area (Å²) >= 11 is 0. The van der Waals surface area contributed by atoms with Crippen molar-refractivity contribution in [2.24, 2.45) is 0 Å². The SMILES string of the molecule is CCCc1cc(NCC)c2cccc(CC)c2n1. The van der Waals surface area contributed by atoms with Gasteiger partial charge in [-0.25, -0.2) is 0 Å². The first-order valence-electron chi connectivity index (χ1n) is 6.95. The predicted molar refractivity (Wildman–Crippen MR) is 79.3 cm³/mol. The van der Waals surface area contributed by atoms with E-state index in [0.29, 0.717) is 0 Å². The van der Waals surface area contributed by atoms with Gasteiger partial charge in [-0.15, -0.1) is 0 Å². The molecule has 0 saturated heterocycles. The van der Waals surface area contributed by atoms with Gasteiger partial charge in [-0.2, -0.15) is 0 Å². The molecule has 0 atom stereocenters. The average Bonchev–Trinajstić information content (AvgIpc) is 2.39. The van der Waals surface area contributed by atoms with Gasteiger partial charge in [0.15, 0.2) is 0 Å². The number of benzene rings is 1. The minimum Gasteiger partial charge on any atom is -0.385 e. The fraction of sp³-hybridized carbons (Fsp3) is 0.438. The van der Waals surface area contributed by atoms with E-state index in [2.05, 4.69) is 50.4 Å². The number of fused-ring (bicyclic) bond motifs is 1. The van der Waals surface area contributed by atoms with Gasteiger partial charge in [0.1, 0.15) is 0 Å². The Morgan fingerprint density at radius 2 is 2.00 bits per heavy atom. The number of aromatic nitrogens is 1. The van der Waals surface area contributed by atoms with Gasteiger partial charge >= 0.3 is 0 Å². The summed E-state index contributed by atoms with van der Waals surface area (Å²) in [6.07, 6.45) is 3.22. The Kier molecular flexibility index (Phi) is 4.19. The Labute approximate surface area is 109 Å². The van der Waals surface area contributed by atoms with E-state index in [1.54, 1.807) is 0 Å². The second-order valence-corrected chi connectivity index (χ2v) is 4.61. The van der Waals surface area contributed by atoms with Crippen molar-refractivity contribution in [3.63, 3.8) is 0 Å². The first-order chi connectivity index (χ1) is 8.80. The molecule has 0 fully saturated rings. The molecule has 18 heavy (non-hydrogen) atoms. The number of para-hydroxylation sites is 1. The zero-order valence-corrected chi connectivity index (χ0v) is 11.6. The summed E-state index contributed by atoms with van der Waals surface area (Å²) in [5, 5.41) is 4.71. The summed E-state index contributed by atoms with van der Waals surface area (Å²) < 4.78 is 0. The van der Waals surface area contributed by atoms with Gasteiger partial charge < -0.3 is 5.32 Å². The smallest absolute Gasteiger partial charge is 0.0757 e. The summed E-state index contributed by atoms with van der Waals surface area (Å²) in [6.45, 7) is 7.47. The van der Waals surface area contributed by atoms with Crippen molar-refractivity contribution >= 4 is 16.6 Å². The van der Waals surface area contributed by atoms with E-state index in [-0.39, 0.29) is 0 Å². The fourth-order valence-corrected chi connectivity index (χ4v) is 2.37.